The molecule has 3 rings (SSSR count). The molecule has 4 nitrogen and oxygen atoms in total. The van der Waals surface area contributed by atoms with Gasteiger partial charge in [-0.3, -0.25) is 9.59 Å². The predicted octanol–water partition coefficient (Wildman–Crippen LogP) is 3.77. The summed E-state index contributed by atoms with van der Waals surface area (Å²) in [5.41, 5.74) is 1.05. The van der Waals surface area contributed by atoms with Gasteiger partial charge in [0.1, 0.15) is 11.2 Å². The van der Waals surface area contributed by atoms with Gasteiger partial charge >= 0.3 is 0 Å². The van der Waals surface area contributed by atoms with Crippen molar-refractivity contribution < 1.29 is 14.0 Å². The molecular weight excluding hydrogens is 319 g/mol. The van der Waals surface area contributed by atoms with E-state index in [4.69, 9.17) is 0 Å². The molecule has 130 valence electrons. The second kappa shape index (κ2) is 6.67. The molecule has 1 heterocycles. The van der Waals surface area contributed by atoms with Gasteiger partial charge in [0.05, 0.1) is 0 Å². The number of nitrogens with zero attached hydrogens (tertiary/aromatic N) is 1. The number of hydrogen-bond donors (Lipinski definition) is 1. The van der Waals surface area contributed by atoms with E-state index in [1.54, 1.807) is 24.8 Å². The van der Waals surface area contributed by atoms with Crippen molar-refractivity contribution in [3.8, 4) is 0 Å². The summed E-state index contributed by atoms with van der Waals surface area (Å²) in [5, 5.41) is 2.64. The Labute approximate surface area is 146 Å². The van der Waals surface area contributed by atoms with E-state index in [1.165, 1.54) is 18.2 Å². The highest BCUT2D eigenvalue weighted by atomic mass is 19.1. The van der Waals surface area contributed by atoms with Crippen LogP contribution in [0.5, 0.6) is 0 Å². The van der Waals surface area contributed by atoms with Crippen molar-refractivity contribution in [2.24, 2.45) is 5.41 Å². The molecule has 0 saturated heterocycles. The Kier molecular flexibility index (Phi) is 4.57. The summed E-state index contributed by atoms with van der Waals surface area (Å²) in [6, 6.07) is 13.4. The lowest BCUT2D eigenvalue weighted by Crippen LogP contribution is -2.49. The van der Waals surface area contributed by atoms with Crippen molar-refractivity contribution >= 4 is 23.2 Å². The van der Waals surface area contributed by atoms with E-state index in [-0.39, 0.29) is 5.91 Å². The minimum atomic E-state index is -1.27. The van der Waals surface area contributed by atoms with Gasteiger partial charge in [0.2, 0.25) is 11.8 Å². The van der Waals surface area contributed by atoms with Crippen molar-refractivity contribution in [3.05, 3.63) is 59.9 Å². The Morgan fingerprint density at radius 1 is 1.12 bits per heavy atom. The lowest BCUT2D eigenvalue weighted by molar-refractivity contribution is -0.136. The number of nitrogens with one attached hydrogen (secondary N) is 1. The normalized spacial score (nSPS) is 14.0. The second-order valence-electron chi connectivity index (χ2n) is 6.78. The highest BCUT2D eigenvalue weighted by Gasteiger charge is 2.40. The summed E-state index contributed by atoms with van der Waals surface area (Å²) in [5.74, 6) is -1.15. The highest BCUT2D eigenvalue weighted by Crippen LogP contribution is 2.31. The SMILES string of the molecule is CC(C)(C(=O)Nc1cccc(F)c1)C(=O)N1CCCc2ccccc21. The van der Waals surface area contributed by atoms with Crippen molar-refractivity contribution in [2.75, 3.05) is 16.8 Å². The van der Waals surface area contributed by atoms with Crippen LogP contribution in [0.15, 0.2) is 48.5 Å². The Hall–Kier alpha value is -2.69. The molecule has 0 atom stereocenters. The number of carbonyl (C=O) groups is 2. The third kappa shape index (κ3) is 3.40. The number of fused-ring (bicyclic) bond motifs is 1. The molecule has 0 aromatic heterocycles. The number of aryl methyl sites for hydroxylation is 1. The molecule has 0 fully saturated rings. The molecule has 0 radical (unpaired) electrons. The number of rotatable bonds is 3. The third-order valence-corrected chi connectivity index (χ3v) is 4.54. The summed E-state index contributed by atoms with van der Waals surface area (Å²) in [6.07, 6.45) is 1.79. The maximum absolute atomic E-state index is 13.3. The maximum atomic E-state index is 13.3. The molecular formula is C20H21FN2O2. The molecule has 1 aliphatic heterocycles. The fraction of sp³-hybridized carbons (Fsp3) is 0.300. The van der Waals surface area contributed by atoms with Gasteiger partial charge in [-0.2, -0.15) is 0 Å². The lowest BCUT2D eigenvalue weighted by atomic mass is 9.88. The molecule has 1 N–H and O–H groups in total. The van der Waals surface area contributed by atoms with Gasteiger partial charge in [-0.25, -0.2) is 4.39 Å². The van der Waals surface area contributed by atoms with Crippen LogP contribution >= 0.6 is 0 Å². The van der Waals surface area contributed by atoms with Crippen molar-refractivity contribution in [1.29, 1.82) is 0 Å². The Bertz CT molecular complexity index is 817. The second-order valence-corrected chi connectivity index (χ2v) is 6.78. The fourth-order valence-electron chi connectivity index (χ4n) is 3.03. The van der Waals surface area contributed by atoms with Crippen LogP contribution in [-0.2, 0) is 16.0 Å². The molecule has 1 aliphatic rings. The molecule has 25 heavy (non-hydrogen) atoms. The molecule has 0 unspecified atom stereocenters. The lowest BCUT2D eigenvalue weighted by Gasteiger charge is -2.35. The summed E-state index contributed by atoms with van der Waals surface area (Å²) in [4.78, 5) is 27.4. The third-order valence-electron chi connectivity index (χ3n) is 4.54. The van der Waals surface area contributed by atoms with Gasteiger partial charge in [0.15, 0.2) is 0 Å². The topological polar surface area (TPSA) is 49.4 Å². The van der Waals surface area contributed by atoms with Crippen LogP contribution in [0.2, 0.25) is 0 Å². The average molecular weight is 340 g/mol. The summed E-state index contributed by atoms with van der Waals surface area (Å²) in [7, 11) is 0. The number of benzene rings is 2. The van der Waals surface area contributed by atoms with Crippen LogP contribution in [0.3, 0.4) is 0 Å². The van der Waals surface area contributed by atoms with E-state index in [0.29, 0.717) is 12.2 Å². The van der Waals surface area contributed by atoms with Crippen molar-refractivity contribution in [2.45, 2.75) is 26.7 Å². The van der Waals surface area contributed by atoms with Crippen molar-refractivity contribution in [1.82, 2.24) is 0 Å². The number of hydrogen-bond acceptors (Lipinski definition) is 2. The summed E-state index contributed by atoms with van der Waals surface area (Å²) < 4.78 is 13.3. The zero-order chi connectivity index (χ0) is 18.0. The van der Waals surface area contributed by atoms with Gasteiger partial charge in [-0.15, -0.1) is 0 Å². The summed E-state index contributed by atoms with van der Waals surface area (Å²) in [6.45, 7) is 3.79. The first kappa shape index (κ1) is 17.1. The first-order chi connectivity index (χ1) is 11.9. The van der Waals surface area contributed by atoms with Crippen LogP contribution in [0.25, 0.3) is 0 Å². The van der Waals surface area contributed by atoms with Crippen LogP contribution in [0.1, 0.15) is 25.8 Å². The number of anilines is 2. The Morgan fingerprint density at radius 3 is 2.64 bits per heavy atom. The Morgan fingerprint density at radius 2 is 1.88 bits per heavy atom. The highest BCUT2D eigenvalue weighted by molar-refractivity contribution is 6.15. The quantitative estimate of drug-likeness (QED) is 0.865. The summed E-state index contributed by atoms with van der Waals surface area (Å²) >= 11 is 0. The average Bonchev–Trinajstić information content (AvgIpc) is 2.60. The predicted molar refractivity (Wildman–Crippen MR) is 95.9 cm³/mol. The first-order valence-electron chi connectivity index (χ1n) is 8.36. The van der Waals surface area contributed by atoms with Gasteiger partial charge < -0.3 is 10.2 Å². The minimum absolute atomic E-state index is 0.256. The number of halogens is 1. The maximum Gasteiger partial charge on any atom is 0.242 e. The molecule has 2 amide bonds. The van der Waals surface area contributed by atoms with E-state index >= 15 is 0 Å². The van der Waals surface area contributed by atoms with Crippen LogP contribution < -0.4 is 10.2 Å². The number of para-hydroxylation sites is 1. The van der Waals surface area contributed by atoms with E-state index < -0.39 is 17.1 Å². The van der Waals surface area contributed by atoms with Gasteiger partial charge in [-0.1, -0.05) is 24.3 Å². The molecule has 0 aliphatic carbocycles. The Balaban J connectivity index is 1.82. The van der Waals surface area contributed by atoms with Crippen LogP contribution in [0.4, 0.5) is 15.8 Å². The van der Waals surface area contributed by atoms with Crippen LogP contribution in [0, 0.1) is 11.2 Å². The van der Waals surface area contributed by atoms with E-state index in [0.717, 1.165) is 24.1 Å². The monoisotopic (exact) mass is 340 g/mol. The largest absolute Gasteiger partial charge is 0.325 e. The van der Waals surface area contributed by atoms with Crippen molar-refractivity contribution in [3.63, 3.8) is 0 Å². The van der Waals surface area contributed by atoms with Gasteiger partial charge in [0, 0.05) is 17.9 Å². The number of carbonyl (C=O) groups excluding carboxylic acids is 2. The first-order valence-corrected chi connectivity index (χ1v) is 8.36. The fourth-order valence-corrected chi connectivity index (χ4v) is 3.03. The molecule has 5 heteroatoms. The minimum Gasteiger partial charge on any atom is -0.325 e. The zero-order valence-electron chi connectivity index (χ0n) is 14.4. The smallest absolute Gasteiger partial charge is 0.242 e. The molecule has 0 spiro atoms. The van der Waals surface area contributed by atoms with Gasteiger partial charge in [-0.05, 0) is 56.5 Å². The molecule has 0 saturated carbocycles. The molecule has 0 bridgehead atoms. The van der Waals surface area contributed by atoms with E-state index in [1.807, 2.05) is 24.3 Å². The van der Waals surface area contributed by atoms with E-state index in [9.17, 15) is 14.0 Å². The standard InChI is InChI=1S/C20H21FN2O2/c1-20(2,18(24)22-16-10-5-9-15(21)13-16)19(25)23-12-6-8-14-7-3-4-11-17(14)23/h3-5,7,9-11,13H,6,8,12H2,1-2H3,(H,22,24). The van der Waals surface area contributed by atoms with E-state index in [2.05, 4.69) is 5.32 Å². The van der Waals surface area contributed by atoms with Gasteiger partial charge in [0.25, 0.3) is 0 Å². The van der Waals surface area contributed by atoms with Crippen LogP contribution in [-0.4, -0.2) is 18.4 Å². The molecule has 2 aromatic carbocycles. The zero-order valence-corrected chi connectivity index (χ0v) is 14.4. The number of amides is 2. The molecule has 2 aromatic rings.